The van der Waals surface area contributed by atoms with Gasteiger partial charge in [-0.3, -0.25) is 4.79 Å². The van der Waals surface area contributed by atoms with E-state index in [1.165, 1.54) is 13.4 Å². The topological polar surface area (TPSA) is 115 Å². The minimum Gasteiger partial charge on any atom is -0.467 e. The quantitative estimate of drug-likeness (QED) is 0.680. The van der Waals surface area contributed by atoms with Crippen LogP contribution in [-0.4, -0.2) is 38.5 Å². The van der Waals surface area contributed by atoms with Crippen molar-refractivity contribution in [2.45, 2.75) is 38.8 Å². The van der Waals surface area contributed by atoms with Crippen molar-refractivity contribution in [2.75, 3.05) is 12.4 Å². The lowest BCUT2D eigenvalue weighted by Gasteiger charge is -2.13. The van der Waals surface area contributed by atoms with Gasteiger partial charge in [0.05, 0.1) is 30.3 Å². The summed E-state index contributed by atoms with van der Waals surface area (Å²) in [6.07, 6.45) is 5.14. The number of nitrogens with zero attached hydrogens (tertiary/aromatic N) is 4. The highest BCUT2D eigenvalue weighted by Gasteiger charge is 2.38. The predicted octanol–water partition coefficient (Wildman–Crippen LogP) is 2.22. The predicted molar refractivity (Wildman–Crippen MR) is 97.6 cm³/mol. The van der Waals surface area contributed by atoms with Gasteiger partial charge in [0, 0.05) is 11.7 Å². The molecular weight excluding hydrogens is 348 g/mol. The number of carbonyl (C=O) groups is 1. The van der Waals surface area contributed by atoms with Gasteiger partial charge in [0.25, 0.3) is 5.91 Å². The molecule has 0 aromatic carbocycles. The molecule has 0 bridgehead atoms. The van der Waals surface area contributed by atoms with Crippen LogP contribution in [0.5, 0.6) is 6.01 Å². The van der Waals surface area contributed by atoms with Crippen LogP contribution in [0.4, 0.5) is 5.82 Å². The summed E-state index contributed by atoms with van der Waals surface area (Å²) >= 11 is 0. The fourth-order valence-electron chi connectivity index (χ4n) is 2.84. The Hall–Kier alpha value is -3.23. The van der Waals surface area contributed by atoms with Crippen molar-refractivity contribution in [3.63, 3.8) is 0 Å². The summed E-state index contributed by atoms with van der Waals surface area (Å²) in [5.74, 6) is 0.834. The van der Waals surface area contributed by atoms with E-state index in [1.54, 1.807) is 19.2 Å². The number of aromatic nitrogens is 4. The van der Waals surface area contributed by atoms with Gasteiger partial charge in [-0.2, -0.15) is 4.98 Å². The van der Waals surface area contributed by atoms with E-state index in [1.807, 2.05) is 0 Å². The summed E-state index contributed by atoms with van der Waals surface area (Å²) in [4.78, 5) is 29.5. The Morgan fingerprint density at radius 3 is 2.89 bits per heavy atom. The molecule has 0 unspecified atom stereocenters. The number of nitrogens with one attached hydrogen (secondary N) is 2. The Bertz CT molecular complexity index is 1010. The number of ether oxygens (including phenoxy) is 1. The van der Waals surface area contributed by atoms with E-state index >= 15 is 0 Å². The number of anilines is 1. The first-order valence-electron chi connectivity index (χ1n) is 8.65. The third-order valence-electron chi connectivity index (χ3n) is 4.62. The molecule has 1 aliphatic carbocycles. The van der Waals surface area contributed by atoms with E-state index in [0.717, 1.165) is 12.8 Å². The number of hydrogen-bond donors (Lipinski definition) is 2. The Morgan fingerprint density at radius 1 is 1.33 bits per heavy atom. The molecule has 3 aromatic rings. The van der Waals surface area contributed by atoms with Gasteiger partial charge in [-0.05, 0) is 32.8 Å². The number of fused-ring (bicyclic) bond motifs is 1. The molecule has 9 heteroatoms. The van der Waals surface area contributed by atoms with Gasteiger partial charge in [-0.1, -0.05) is 0 Å². The fourth-order valence-corrected chi connectivity index (χ4v) is 2.84. The second kappa shape index (κ2) is 6.49. The Morgan fingerprint density at radius 2 is 2.15 bits per heavy atom. The number of hydrogen-bond acceptors (Lipinski definition) is 8. The molecule has 0 aliphatic heterocycles. The molecule has 0 saturated heterocycles. The normalized spacial score (nSPS) is 14.8. The van der Waals surface area contributed by atoms with Crippen LogP contribution in [0.3, 0.4) is 0 Å². The molecule has 27 heavy (non-hydrogen) atoms. The van der Waals surface area contributed by atoms with Gasteiger partial charge >= 0.3 is 6.01 Å². The van der Waals surface area contributed by atoms with Crippen molar-refractivity contribution in [1.29, 1.82) is 0 Å². The molecule has 4 rings (SSSR count). The zero-order valence-corrected chi connectivity index (χ0v) is 15.4. The summed E-state index contributed by atoms with van der Waals surface area (Å²) in [5.41, 5.74) is 1.47. The second-order valence-electron chi connectivity index (χ2n) is 6.84. The van der Waals surface area contributed by atoms with E-state index < -0.39 is 0 Å². The molecule has 1 amide bonds. The maximum absolute atomic E-state index is 12.9. The zero-order chi connectivity index (χ0) is 19.0. The fraction of sp³-hybridized carbons (Fsp3) is 0.389. The molecule has 2 N–H and O–H groups in total. The molecule has 9 nitrogen and oxygen atoms in total. The molecular formula is C18H20N6O3. The van der Waals surface area contributed by atoms with Crippen molar-refractivity contribution in [1.82, 2.24) is 25.3 Å². The van der Waals surface area contributed by atoms with E-state index in [2.05, 4.69) is 37.5 Å². The van der Waals surface area contributed by atoms with Crippen LogP contribution in [0, 0.1) is 6.92 Å². The average Bonchev–Trinajstić information content (AvgIpc) is 3.28. The maximum Gasteiger partial charge on any atom is 0.316 e. The van der Waals surface area contributed by atoms with Gasteiger partial charge < -0.3 is 19.8 Å². The Kier molecular flexibility index (Phi) is 4.14. The third kappa shape index (κ3) is 3.40. The number of carbonyl (C=O) groups excluding carboxylic acids is 1. The highest BCUT2D eigenvalue weighted by atomic mass is 16.5. The number of furan rings is 1. The van der Waals surface area contributed by atoms with Crippen LogP contribution in [0.1, 0.15) is 41.6 Å². The SMILES string of the molecule is COc1nccc(CNC(=O)c2c(C)oc3ncnc(NC4(C)CC4)c23)n1. The third-order valence-corrected chi connectivity index (χ3v) is 4.62. The zero-order valence-electron chi connectivity index (χ0n) is 15.4. The lowest BCUT2D eigenvalue weighted by molar-refractivity contribution is 0.0950. The van der Waals surface area contributed by atoms with Crippen LogP contribution in [-0.2, 0) is 6.54 Å². The Labute approximate surface area is 155 Å². The maximum atomic E-state index is 12.9. The van der Waals surface area contributed by atoms with Crippen LogP contribution in [0.2, 0.25) is 0 Å². The molecule has 3 heterocycles. The van der Waals surface area contributed by atoms with Gasteiger partial charge in [0.2, 0.25) is 5.71 Å². The number of methoxy groups -OCH3 is 1. The van der Waals surface area contributed by atoms with Crippen LogP contribution in [0.25, 0.3) is 11.1 Å². The molecule has 1 saturated carbocycles. The monoisotopic (exact) mass is 368 g/mol. The first-order valence-corrected chi connectivity index (χ1v) is 8.65. The molecule has 3 aromatic heterocycles. The summed E-state index contributed by atoms with van der Waals surface area (Å²) in [6, 6.07) is 1.97. The summed E-state index contributed by atoms with van der Waals surface area (Å²) in [6.45, 7) is 4.10. The van der Waals surface area contributed by atoms with E-state index in [0.29, 0.717) is 33.9 Å². The van der Waals surface area contributed by atoms with E-state index in [4.69, 9.17) is 9.15 Å². The van der Waals surface area contributed by atoms with Crippen molar-refractivity contribution < 1.29 is 13.9 Å². The second-order valence-corrected chi connectivity index (χ2v) is 6.84. The van der Waals surface area contributed by atoms with Crippen LogP contribution >= 0.6 is 0 Å². The Balaban J connectivity index is 1.61. The molecule has 0 radical (unpaired) electrons. The average molecular weight is 368 g/mol. The van der Waals surface area contributed by atoms with Gasteiger partial charge in [-0.25, -0.2) is 15.0 Å². The highest BCUT2D eigenvalue weighted by Crippen LogP contribution is 2.40. The smallest absolute Gasteiger partial charge is 0.316 e. The van der Waals surface area contributed by atoms with Crippen molar-refractivity contribution >= 4 is 22.8 Å². The van der Waals surface area contributed by atoms with Gasteiger partial charge in [0.15, 0.2) is 0 Å². The lowest BCUT2D eigenvalue weighted by Crippen LogP contribution is -2.24. The standard InChI is InChI=1S/C18H20N6O3/c1-10-12(15(25)20-8-11-4-7-19-17(23-11)26-3)13-14(24-18(2)5-6-18)21-9-22-16(13)27-10/h4,7,9H,5-6,8H2,1-3H3,(H,20,25)(H,21,22,24). The van der Waals surface area contributed by atoms with Gasteiger partial charge in [-0.15, -0.1) is 0 Å². The number of rotatable bonds is 6. The van der Waals surface area contributed by atoms with Crippen molar-refractivity contribution in [2.24, 2.45) is 0 Å². The minimum atomic E-state index is -0.275. The van der Waals surface area contributed by atoms with E-state index in [-0.39, 0.29) is 24.0 Å². The van der Waals surface area contributed by atoms with Gasteiger partial charge in [0.1, 0.15) is 17.9 Å². The summed E-state index contributed by atoms with van der Waals surface area (Å²) in [5, 5.41) is 6.87. The lowest BCUT2D eigenvalue weighted by atomic mass is 10.1. The highest BCUT2D eigenvalue weighted by molar-refractivity contribution is 6.10. The molecule has 0 spiro atoms. The first kappa shape index (κ1) is 17.2. The van der Waals surface area contributed by atoms with Crippen molar-refractivity contribution in [3.05, 3.63) is 35.6 Å². The minimum absolute atomic E-state index is 0.0116. The molecule has 1 aliphatic rings. The molecule has 140 valence electrons. The first-order chi connectivity index (χ1) is 13.0. The number of aryl methyl sites for hydroxylation is 1. The van der Waals surface area contributed by atoms with Crippen LogP contribution in [0.15, 0.2) is 23.0 Å². The van der Waals surface area contributed by atoms with E-state index in [9.17, 15) is 4.79 Å². The summed E-state index contributed by atoms with van der Waals surface area (Å²) in [7, 11) is 1.49. The number of amides is 1. The molecule has 1 fully saturated rings. The van der Waals surface area contributed by atoms with Crippen molar-refractivity contribution in [3.8, 4) is 6.01 Å². The van der Waals surface area contributed by atoms with Crippen LogP contribution < -0.4 is 15.4 Å². The largest absolute Gasteiger partial charge is 0.467 e. The summed E-state index contributed by atoms with van der Waals surface area (Å²) < 4.78 is 10.7. The molecule has 0 atom stereocenters.